The van der Waals surface area contributed by atoms with Gasteiger partial charge in [-0.3, -0.25) is 9.59 Å². The molecule has 0 saturated carbocycles. The molecule has 134 valence electrons. The van der Waals surface area contributed by atoms with E-state index in [2.05, 4.69) is 10.1 Å². The van der Waals surface area contributed by atoms with Crippen LogP contribution in [0.5, 0.6) is 0 Å². The summed E-state index contributed by atoms with van der Waals surface area (Å²) in [7, 11) is 0. The first kappa shape index (κ1) is 21.6. The number of hydrogen-bond acceptors (Lipinski definition) is 5. The number of nitrogens with zero attached hydrogens (tertiary/aromatic N) is 1. The van der Waals surface area contributed by atoms with Crippen molar-refractivity contribution in [1.82, 2.24) is 10.2 Å². The molecule has 0 radical (unpaired) electrons. The molecular formula is C14H20ClN3O6. The second-order valence-corrected chi connectivity index (χ2v) is 4.86. The van der Waals surface area contributed by atoms with Crippen LogP contribution in [0.25, 0.3) is 0 Å². The van der Waals surface area contributed by atoms with Crippen molar-refractivity contribution < 1.29 is 29.7 Å². The van der Waals surface area contributed by atoms with Gasteiger partial charge in [0.05, 0.1) is 12.6 Å². The number of carboxylic acid groups (broad SMARTS) is 1. The Bertz CT molecular complexity index is 571. The molecule has 0 bridgehead atoms. The van der Waals surface area contributed by atoms with E-state index in [1.54, 1.807) is 30.3 Å². The molecule has 1 aliphatic rings. The van der Waals surface area contributed by atoms with Crippen molar-refractivity contribution in [3.05, 3.63) is 35.9 Å². The molecule has 0 unspecified atom stereocenters. The molecule has 1 fully saturated rings. The van der Waals surface area contributed by atoms with Crippen LogP contribution < -0.4 is 11.1 Å². The number of halogens is 1. The summed E-state index contributed by atoms with van der Waals surface area (Å²) in [6.07, 6.45) is -2.22. The standard InChI is InChI=1S/C14H17N3O5.ClH.H2O/c15-7-11(18)17-8-10(6-12(17)22-14(20)21)16-13(19)9-4-2-1-3-5-9;;/h1-5,10,12H,6-8,15H2,(H,16,19)(H,20,21);1H;1H2/t10-,12+;;/m1../s1. The van der Waals surface area contributed by atoms with E-state index in [0.717, 1.165) is 0 Å². The number of benzene rings is 1. The lowest BCUT2D eigenvalue weighted by Gasteiger charge is -2.22. The Labute approximate surface area is 144 Å². The third-order valence-electron chi connectivity index (χ3n) is 3.35. The number of likely N-dealkylation sites (tertiary alicyclic amines) is 1. The number of nitrogens with one attached hydrogen (secondary N) is 1. The Morgan fingerprint density at radius 3 is 2.46 bits per heavy atom. The summed E-state index contributed by atoms with van der Waals surface area (Å²) in [4.78, 5) is 35.7. The van der Waals surface area contributed by atoms with Crippen molar-refractivity contribution in [2.75, 3.05) is 13.1 Å². The highest BCUT2D eigenvalue weighted by molar-refractivity contribution is 5.94. The van der Waals surface area contributed by atoms with E-state index in [4.69, 9.17) is 10.8 Å². The molecule has 1 heterocycles. The zero-order chi connectivity index (χ0) is 16.1. The van der Waals surface area contributed by atoms with Crippen LogP contribution in [0.4, 0.5) is 4.79 Å². The fourth-order valence-electron chi connectivity index (χ4n) is 2.37. The number of nitrogens with two attached hydrogens (primary N) is 1. The van der Waals surface area contributed by atoms with Gasteiger partial charge in [-0.1, -0.05) is 18.2 Å². The van der Waals surface area contributed by atoms with Gasteiger partial charge in [0.15, 0.2) is 6.23 Å². The van der Waals surface area contributed by atoms with E-state index >= 15 is 0 Å². The van der Waals surface area contributed by atoms with Crippen LogP contribution in [0.3, 0.4) is 0 Å². The Kier molecular flexibility index (Phi) is 8.75. The van der Waals surface area contributed by atoms with Gasteiger partial charge in [0.25, 0.3) is 5.91 Å². The smallest absolute Gasteiger partial charge is 0.450 e. The highest BCUT2D eigenvalue weighted by Gasteiger charge is 2.38. The molecule has 2 amide bonds. The fourth-order valence-corrected chi connectivity index (χ4v) is 2.37. The first-order valence-corrected chi connectivity index (χ1v) is 6.76. The molecule has 2 atom stereocenters. The number of hydrogen-bond donors (Lipinski definition) is 3. The van der Waals surface area contributed by atoms with Gasteiger partial charge in [-0.2, -0.15) is 0 Å². The SMILES string of the molecule is Cl.NCC(=O)N1C[C@H](NC(=O)c2ccccc2)C[C@@H]1OC(=O)O.O. The molecule has 1 aromatic carbocycles. The first-order valence-electron chi connectivity index (χ1n) is 6.76. The van der Waals surface area contributed by atoms with Crippen molar-refractivity contribution in [2.45, 2.75) is 18.7 Å². The van der Waals surface area contributed by atoms with Gasteiger partial charge in [-0.05, 0) is 12.1 Å². The number of ether oxygens (including phenoxy) is 1. The lowest BCUT2D eigenvalue weighted by Crippen LogP contribution is -2.43. The minimum atomic E-state index is -1.48. The Hall–Kier alpha value is -2.36. The molecule has 0 aliphatic carbocycles. The molecule has 0 aromatic heterocycles. The number of carbonyl (C=O) groups is 3. The molecule has 1 aliphatic heterocycles. The lowest BCUT2D eigenvalue weighted by atomic mass is 10.2. The zero-order valence-electron chi connectivity index (χ0n) is 12.7. The van der Waals surface area contributed by atoms with Crippen LogP contribution in [0.1, 0.15) is 16.8 Å². The lowest BCUT2D eigenvalue weighted by molar-refractivity contribution is -0.137. The number of amides is 2. The van der Waals surface area contributed by atoms with E-state index in [1.165, 1.54) is 4.90 Å². The maximum absolute atomic E-state index is 12.1. The number of rotatable bonds is 4. The summed E-state index contributed by atoms with van der Waals surface area (Å²) in [5.74, 6) is -0.718. The van der Waals surface area contributed by atoms with Gasteiger partial charge in [0.1, 0.15) is 0 Å². The molecule has 2 rings (SSSR count). The van der Waals surface area contributed by atoms with Crippen LogP contribution in [0.15, 0.2) is 30.3 Å². The van der Waals surface area contributed by atoms with Gasteiger partial charge in [-0.25, -0.2) is 4.79 Å². The summed E-state index contributed by atoms with van der Waals surface area (Å²) in [5.41, 5.74) is 5.79. The molecule has 10 heteroatoms. The highest BCUT2D eigenvalue weighted by atomic mass is 35.5. The predicted octanol–water partition coefficient (Wildman–Crippen LogP) is -0.406. The normalized spacial score (nSPS) is 18.8. The third-order valence-corrected chi connectivity index (χ3v) is 3.35. The highest BCUT2D eigenvalue weighted by Crippen LogP contribution is 2.19. The second-order valence-electron chi connectivity index (χ2n) is 4.86. The van der Waals surface area contributed by atoms with Crippen molar-refractivity contribution in [3.8, 4) is 0 Å². The quantitative estimate of drug-likeness (QED) is 0.619. The maximum Gasteiger partial charge on any atom is 0.507 e. The van der Waals surface area contributed by atoms with Gasteiger partial charge in [0.2, 0.25) is 5.91 Å². The summed E-state index contributed by atoms with van der Waals surface area (Å²) in [6.45, 7) is -0.0919. The van der Waals surface area contributed by atoms with E-state index < -0.39 is 24.3 Å². The van der Waals surface area contributed by atoms with Gasteiger partial charge < -0.3 is 31.3 Å². The minimum Gasteiger partial charge on any atom is -0.450 e. The van der Waals surface area contributed by atoms with Gasteiger partial charge in [-0.15, -0.1) is 12.4 Å². The molecule has 24 heavy (non-hydrogen) atoms. The molecule has 0 spiro atoms. The van der Waals surface area contributed by atoms with Crippen LogP contribution >= 0.6 is 12.4 Å². The van der Waals surface area contributed by atoms with Gasteiger partial charge >= 0.3 is 6.16 Å². The predicted molar refractivity (Wildman–Crippen MR) is 86.8 cm³/mol. The first-order chi connectivity index (χ1) is 10.5. The van der Waals surface area contributed by atoms with E-state index in [0.29, 0.717) is 5.56 Å². The van der Waals surface area contributed by atoms with Crippen LogP contribution in [-0.4, -0.2) is 58.8 Å². The molecule has 6 N–H and O–H groups in total. The van der Waals surface area contributed by atoms with E-state index in [9.17, 15) is 14.4 Å². The number of carbonyl (C=O) groups excluding carboxylic acids is 2. The molecule has 1 aromatic rings. The Morgan fingerprint density at radius 1 is 1.29 bits per heavy atom. The van der Waals surface area contributed by atoms with Gasteiger partial charge in [0, 0.05) is 18.5 Å². The van der Waals surface area contributed by atoms with Crippen LogP contribution in [0, 0.1) is 0 Å². The monoisotopic (exact) mass is 361 g/mol. The third kappa shape index (κ3) is 5.37. The molecule has 9 nitrogen and oxygen atoms in total. The zero-order valence-corrected chi connectivity index (χ0v) is 13.5. The van der Waals surface area contributed by atoms with Crippen molar-refractivity contribution in [3.63, 3.8) is 0 Å². The molecular weight excluding hydrogens is 342 g/mol. The Morgan fingerprint density at radius 2 is 1.92 bits per heavy atom. The van der Waals surface area contributed by atoms with E-state index in [1.807, 2.05) is 0 Å². The summed E-state index contributed by atoms with van der Waals surface area (Å²) in [5, 5.41) is 11.5. The van der Waals surface area contributed by atoms with Crippen molar-refractivity contribution in [2.24, 2.45) is 5.73 Å². The summed E-state index contributed by atoms with van der Waals surface area (Å²) >= 11 is 0. The summed E-state index contributed by atoms with van der Waals surface area (Å²) < 4.78 is 4.68. The second kappa shape index (κ2) is 9.71. The van der Waals surface area contributed by atoms with Crippen molar-refractivity contribution >= 4 is 30.4 Å². The Balaban J connectivity index is 0.00000264. The van der Waals surface area contributed by atoms with Crippen LogP contribution in [-0.2, 0) is 9.53 Å². The van der Waals surface area contributed by atoms with E-state index in [-0.39, 0.29) is 43.3 Å². The minimum absolute atomic E-state index is 0. The molecule has 1 saturated heterocycles. The largest absolute Gasteiger partial charge is 0.507 e. The topological polar surface area (TPSA) is 153 Å². The fraction of sp³-hybridized carbons (Fsp3) is 0.357. The average Bonchev–Trinajstić information content (AvgIpc) is 2.89. The van der Waals surface area contributed by atoms with Crippen molar-refractivity contribution in [1.29, 1.82) is 0 Å². The summed E-state index contributed by atoms with van der Waals surface area (Å²) in [6, 6.07) is 8.21. The average molecular weight is 362 g/mol. The maximum atomic E-state index is 12.1. The van der Waals surface area contributed by atoms with Crippen LogP contribution in [0.2, 0.25) is 0 Å².